The summed E-state index contributed by atoms with van der Waals surface area (Å²) in [6, 6.07) is 12.5. The zero-order chi connectivity index (χ0) is 18.7. The molecule has 1 heterocycles. The van der Waals surface area contributed by atoms with E-state index in [0.29, 0.717) is 21.4 Å². The van der Waals surface area contributed by atoms with Crippen LogP contribution in [0.25, 0.3) is 0 Å². The number of anilines is 3. The SMILES string of the molecule is Cc1ccc(NC(=O)c2ccnc(Nc3cccc(Cl)c3Cl)n2)cc1C. The van der Waals surface area contributed by atoms with E-state index in [1.807, 2.05) is 32.0 Å². The van der Waals surface area contributed by atoms with Crippen molar-refractivity contribution in [1.29, 1.82) is 0 Å². The van der Waals surface area contributed by atoms with E-state index in [-0.39, 0.29) is 17.5 Å². The van der Waals surface area contributed by atoms with Gasteiger partial charge >= 0.3 is 0 Å². The molecule has 0 unspecified atom stereocenters. The van der Waals surface area contributed by atoms with Gasteiger partial charge in [0, 0.05) is 11.9 Å². The molecular formula is C19H16Cl2N4O. The van der Waals surface area contributed by atoms with Crippen LogP contribution in [-0.4, -0.2) is 15.9 Å². The number of nitrogens with one attached hydrogen (secondary N) is 2. The topological polar surface area (TPSA) is 66.9 Å². The molecule has 3 rings (SSSR count). The number of amides is 1. The van der Waals surface area contributed by atoms with Gasteiger partial charge in [0.1, 0.15) is 5.69 Å². The highest BCUT2D eigenvalue weighted by molar-refractivity contribution is 6.43. The van der Waals surface area contributed by atoms with Crippen molar-refractivity contribution in [3.63, 3.8) is 0 Å². The van der Waals surface area contributed by atoms with Gasteiger partial charge in [0.25, 0.3) is 5.91 Å². The molecule has 132 valence electrons. The molecule has 0 fully saturated rings. The highest BCUT2D eigenvalue weighted by Gasteiger charge is 2.11. The van der Waals surface area contributed by atoms with E-state index < -0.39 is 0 Å². The summed E-state index contributed by atoms with van der Waals surface area (Å²) in [6.45, 7) is 4.01. The first-order valence-corrected chi connectivity index (χ1v) is 8.62. The van der Waals surface area contributed by atoms with Crippen LogP contribution < -0.4 is 10.6 Å². The summed E-state index contributed by atoms with van der Waals surface area (Å²) in [7, 11) is 0. The second kappa shape index (κ2) is 7.72. The summed E-state index contributed by atoms with van der Waals surface area (Å²) in [5, 5.41) is 6.58. The molecule has 0 saturated heterocycles. The Morgan fingerprint density at radius 3 is 2.62 bits per heavy atom. The van der Waals surface area contributed by atoms with Crippen LogP contribution >= 0.6 is 23.2 Å². The van der Waals surface area contributed by atoms with Gasteiger partial charge in [-0.15, -0.1) is 0 Å². The van der Waals surface area contributed by atoms with E-state index in [1.165, 1.54) is 6.20 Å². The van der Waals surface area contributed by atoms with Crippen LogP contribution in [0.4, 0.5) is 17.3 Å². The van der Waals surface area contributed by atoms with Crippen LogP contribution in [0.15, 0.2) is 48.7 Å². The fourth-order valence-corrected chi connectivity index (χ4v) is 2.63. The zero-order valence-corrected chi connectivity index (χ0v) is 15.7. The first-order valence-electron chi connectivity index (χ1n) is 7.87. The lowest BCUT2D eigenvalue weighted by molar-refractivity contribution is 0.102. The van der Waals surface area contributed by atoms with Gasteiger partial charge in [0.05, 0.1) is 15.7 Å². The lowest BCUT2D eigenvalue weighted by Gasteiger charge is -2.10. The number of hydrogen-bond donors (Lipinski definition) is 2. The third-order valence-electron chi connectivity index (χ3n) is 3.85. The predicted octanol–water partition coefficient (Wildman–Crippen LogP) is 5.40. The smallest absolute Gasteiger partial charge is 0.274 e. The summed E-state index contributed by atoms with van der Waals surface area (Å²) < 4.78 is 0. The molecule has 1 aromatic heterocycles. The van der Waals surface area contributed by atoms with Crippen LogP contribution in [0.3, 0.4) is 0 Å². The Balaban J connectivity index is 1.79. The zero-order valence-electron chi connectivity index (χ0n) is 14.2. The molecular weight excluding hydrogens is 371 g/mol. The van der Waals surface area contributed by atoms with Crippen molar-refractivity contribution in [2.75, 3.05) is 10.6 Å². The molecule has 0 atom stereocenters. The van der Waals surface area contributed by atoms with E-state index in [2.05, 4.69) is 20.6 Å². The normalized spacial score (nSPS) is 10.5. The molecule has 0 spiro atoms. The fourth-order valence-electron chi connectivity index (χ4n) is 2.28. The van der Waals surface area contributed by atoms with Crippen molar-refractivity contribution < 1.29 is 4.79 Å². The van der Waals surface area contributed by atoms with Crippen LogP contribution in [0.1, 0.15) is 21.6 Å². The number of carbonyl (C=O) groups excluding carboxylic acids is 1. The third kappa shape index (κ3) is 4.12. The molecule has 0 aliphatic rings. The van der Waals surface area contributed by atoms with E-state index in [4.69, 9.17) is 23.2 Å². The van der Waals surface area contributed by atoms with Crippen molar-refractivity contribution in [2.45, 2.75) is 13.8 Å². The van der Waals surface area contributed by atoms with Gasteiger partial charge in [-0.2, -0.15) is 0 Å². The number of hydrogen-bond acceptors (Lipinski definition) is 4. The van der Waals surface area contributed by atoms with Gasteiger partial charge in [0.15, 0.2) is 0 Å². The molecule has 5 nitrogen and oxygen atoms in total. The molecule has 1 amide bonds. The van der Waals surface area contributed by atoms with Gasteiger partial charge in [-0.3, -0.25) is 4.79 Å². The number of nitrogens with zero attached hydrogens (tertiary/aromatic N) is 2. The first-order chi connectivity index (χ1) is 12.4. The van der Waals surface area contributed by atoms with E-state index in [9.17, 15) is 4.79 Å². The average molecular weight is 387 g/mol. The van der Waals surface area contributed by atoms with E-state index >= 15 is 0 Å². The predicted molar refractivity (Wildman–Crippen MR) is 106 cm³/mol. The Morgan fingerprint density at radius 2 is 1.85 bits per heavy atom. The molecule has 0 bridgehead atoms. The van der Waals surface area contributed by atoms with Crippen LogP contribution in [0, 0.1) is 13.8 Å². The second-order valence-electron chi connectivity index (χ2n) is 5.75. The van der Waals surface area contributed by atoms with Crippen molar-refractivity contribution >= 4 is 46.4 Å². The Kier molecular flexibility index (Phi) is 5.40. The second-order valence-corrected chi connectivity index (χ2v) is 6.53. The number of carbonyl (C=O) groups is 1. The highest BCUT2D eigenvalue weighted by atomic mass is 35.5. The Labute approximate surface area is 161 Å². The lowest BCUT2D eigenvalue weighted by atomic mass is 10.1. The molecule has 0 aliphatic carbocycles. The largest absolute Gasteiger partial charge is 0.323 e. The quantitative estimate of drug-likeness (QED) is 0.629. The minimum Gasteiger partial charge on any atom is -0.323 e. The van der Waals surface area contributed by atoms with Crippen LogP contribution in [0.2, 0.25) is 10.0 Å². The minimum atomic E-state index is -0.323. The molecule has 2 N–H and O–H groups in total. The Hall–Kier alpha value is -2.63. The standard InChI is InChI=1S/C19H16Cl2N4O/c1-11-6-7-13(10-12(11)2)23-18(26)16-8-9-22-19(25-16)24-15-5-3-4-14(20)17(15)21/h3-10H,1-2H3,(H,23,26)(H,22,24,25). The van der Waals surface area contributed by atoms with Gasteiger partial charge < -0.3 is 10.6 Å². The fraction of sp³-hybridized carbons (Fsp3) is 0.105. The molecule has 26 heavy (non-hydrogen) atoms. The molecule has 3 aromatic rings. The molecule has 2 aromatic carbocycles. The van der Waals surface area contributed by atoms with Crippen molar-refractivity contribution in [3.8, 4) is 0 Å². The highest BCUT2D eigenvalue weighted by Crippen LogP contribution is 2.30. The summed E-state index contributed by atoms with van der Waals surface area (Å²) in [4.78, 5) is 20.8. The minimum absolute atomic E-state index is 0.235. The van der Waals surface area contributed by atoms with E-state index in [0.717, 1.165) is 11.1 Å². The first kappa shape index (κ1) is 18.2. The lowest BCUT2D eigenvalue weighted by Crippen LogP contribution is -2.15. The van der Waals surface area contributed by atoms with Gasteiger partial charge in [-0.05, 0) is 55.3 Å². The maximum Gasteiger partial charge on any atom is 0.274 e. The number of rotatable bonds is 4. The molecule has 0 saturated carbocycles. The third-order valence-corrected chi connectivity index (χ3v) is 4.67. The number of aromatic nitrogens is 2. The maximum atomic E-state index is 12.5. The maximum absolute atomic E-state index is 12.5. The van der Waals surface area contributed by atoms with Gasteiger partial charge in [-0.25, -0.2) is 9.97 Å². The number of benzene rings is 2. The summed E-state index contributed by atoms with van der Waals surface area (Å²) in [5.41, 5.74) is 3.77. The molecule has 7 heteroatoms. The van der Waals surface area contributed by atoms with Gasteiger partial charge in [-0.1, -0.05) is 35.3 Å². The average Bonchev–Trinajstić information content (AvgIpc) is 2.62. The van der Waals surface area contributed by atoms with Crippen molar-refractivity contribution in [3.05, 3.63) is 75.5 Å². The van der Waals surface area contributed by atoms with Crippen molar-refractivity contribution in [1.82, 2.24) is 9.97 Å². The Bertz CT molecular complexity index is 976. The van der Waals surface area contributed by atoms with Crippen LogP contribution in [-0.2, 0) is 0 Å². The van der Waals surface area contributed by atoms with E-state index in [1.54, 1.807) is 24.3 Å². The molecule has 0 aliphatic heterocycles. The number of aryl methyl sites for hydroxylation is 2. The number of halogens is 2. The summed E-state index contributed by atoms with van der Waals surface area (Å²) >= 11 is 12.2. The van der Waals surface area contributed by atoms with Crippen LogP contribution in [0.5, 0.6) is 0 Å². The van der Waals surface area contributed by atoms with Gasteiger partial charge in [0.2, 0.25) is 5.95 Å². The Morgan fingerprint density at radius 1 is 1.04 bits per heavy atom. The molecule has 0 radical (unpaired) electrons. The summed E-state index contributed by atoms with van der Waals surface area (Å²) in [5.74, 6) is -0.0715. The summed E-state index contributed by atoms with van der Waals surface area (Å²) in [6.07, 6.45) is 1.50. The monoisotopic (exact) mass is 386 g/mol. The van der Waals surface area contributed by atoms with Crippen molar-refractivity contribution in [2.24, 2.45) is 0 Å².